The van der Waals surface area contributed by atoms with Gasteiger partial charge in [0.2, 0.25) is 0 Å². The standard InChI is InChI=1S/C14H19NO2/c1-4-15-12(7-10(2)16)8-11-5-6-13(17-3)9-14(11)15/h5-6,8-10,16H,4,7H2,1-3H3. The van der Waals surface area contributed by atoms with E-state index in [0.717, 1.165) is 12.3 Å². The maximum atomic E-state index is 9.51. The highest BCUT2D eigenvalue weighted by Crippen LogP contribution is 2.25. The first-order valence-corrected chi connectivity index (χ1v) is 6.00. The summed E-state index contributed by atoms with van der Waals surface area (Å²) in [6, 6.07) is 8.22. The van der Waals surface area contributed by atoms with Crippen molar-refractivity contribution in [3.63, 3.8) is 0 Å². The predicted molar refractivity (Wildman–Crippen MR) is 69.5 cm³/mol. The third-order valence-electron chi connectivity index (χ3n) is 3.02. The predicted octanol–water partition coefficient (Wildman–Crippen LogP) is 2.59. The Hall–Kier alpha value is -1.48. The molecule has 1 N–H and O–H groups in total. The van der Waals surface area contributed by atoms with Gasteiger partial charge in [-0.15, -0.1) is 0 Å². The summed E-state index contributed by atoms with van der Waals surface area (Å²) in [5, 5.41) is 10.7. The summed E-state index contributed by atoms with van der Waals surface area (Å²) in [4.78, 5) is 0. The summed E-state index contributed by atoms with van der Waals surface area (Å²) in [5.74, 6) is 0.869. The fourth-order valence-corrected chi connectivity index (χ4v) is 2.26. The van der Waals surface area contributed by atoms with Gasteiger partial charge < -0.3 is 14.4 Å². The van der Waals surface area contributed by atoms with E-state index in [1.54, 1.807) is 7.11 Å². The van der Waals surface area contributed by atoms with E-state index in [1.165, 1.54) is 16.6 Å². The molecule has 1 atom stereocenters. The van der Waals surface area contributed by atoms with Crippen molar-refractivity contribution in [2.24, 2.45) is 0 Å². The second kappa shape index (κ2) is 4.80. The molecule has 0 bridgehead atoms. The van der Waals surface area contributed by atoms with Crippen molar-refractivity contribution in [2.75, 3.05) is 7.11 Å². The molecular formula is C14H19NO2. The van der Waals surface area contributed by atoms with Gasteiger partial charge in [-0.3, -0.25) is 0 Å². The Kier molecular flexibility index (Phi) is 3.38. The van der Waals surface area contributed by atoms with Gasteiger partial charge >= 0.3 is 0 Å². The molecule has 0 fully saturated rings. The van der Waals surface area contributed by atoms with Crippen molar-refractivity contribution >= 4 is 10.9 Å². The van der Waals surface area contributed by atoms with E-state index in [-0.39, 0.29) is 6.10 Å². The van der Waals surface area contributed by atoms with Gasteiger partial charge in [-0.1, -0.05) is 0 Å². The molecule has 17 heavy (non-hydrogen) atoms. The minimum atomic E-state index is -0.313. The molecule has 3 nitrogen and oxygen atoms in total. The van der Waals surface area contributed by atoms with E-state index >= 15 is 0 Å². The number of aryl methyl sites for hydroxylation is 1. The molecular weight excluding hydrogens is 214 g/mol. The number of aliphatic hydroxyl groups excluding tert-OH is 1. The second-order valence-electron chi connectivity index (χ2n) is 4.36. The molecule has 1 unspecified atom stereocenters. The molecule has 0 spiro atoms. The van der Waals surface area contributed by atoms with Crippen LogP contribution in [0.25, 0.3) is 10.9 Å². The molecule has 1 aromatic heterocycles. The molecule has 0 aliphatic rings. The molecule has 2 aromatic rings. The lowest BCUT2D eigenvalue weighted by molar-refractivity contribution is 0.193. The van der Waals surface area contributed by atoms with Gasteiger partial charge in [-0.05, 0) is 32.0 Å². The molecule has 0 aliphatic heterocycles. The van der Waals surface area contributed by atoms with Crippen LogP contribution in [0.5, 0.6) is 5.75 Å². The normalized spacial score (nSPS) is 12.9. The Morgan fingerprint density at radius 3 is 2.71 bits per heavy atom. The van der Waals surface area contributed by atoms with E-state index in [9.17, 15) is 5.11 Å². The molecule has 2 rings (SSSR count). The number of nitrogens with zero attached hydrogens (tertiary/aromatic N) is 1. The molecule has 3 heteroatoms. The van der Waals surface area contributed by atoms with Crippen LogP contribution in [0.2, 0.25) is 0 Å². The maximum absolute atomic E-state index is 9.51. The molecule has 0 amide bonds. The highest BCUT2D eigenvalue weighted by molar-refractivity contribution is 5.82. The summed E-state index contributed by atoms with van der Waals surface area (Å²) < 4.78 is 7.48. The third kappa shape index (κ3) is 2.29. The van der Waals surface area contributed by atoms with Crippen LogP contribution in [0.3, 0.4) is 0 Å². The van der Waals surface area contributed by atoms with Crippen molar-refractivity contribution in [3.8, 4) is 5.75 Å². The second-order valence-corrected chi connectivity index (χ2v) is 4.36. The van der Waals surface area contributed by atoms with E-state index < -0.39 is 0 Å². The number of aliphatic hydroxyl groups is 1. The highest BCUT2D eigenvalue weighted by atomic mass is 16.5. The maximum Gasteiger partial charge on any atom is 0.120 e. The smallest absolute Gasteiger partial charge is 0.120 e. The van der Waals surface area contributed by atoms with E-state index in [0.29, 0.717) is 6.42 Å². The minimum Gasteiger partial charge on any atom is -0.497 e. The number of hydrogen-bond acceptors (Lipinski definition) is 2. The van der Waals surface area contributed by atoms with Crippen molar-refractivity contribution in [1.29, 1.82) is 0 Å². The molecule has 1 aromatic carbocycles. The number of hydrogen-bond donors (Lipinski definition) is 1. The first-order valence-electron chi connectivity index (χ1n) is 6.00. The van der Waals surface area contributed by atoms with Gasteiger partial charge in [0.15, 0.2) is 0 Å². The van der Waals surface area contributed by atoms with Crippen LogP contribution >= 0.6 is 0 Å². The molecule has 92 valence electrons. The van der Waals surface area contributed by atoms with Crippen LogP contribution < -0.4 is 4.74 Å². The molecule has 0 saturated carbocycles. The van der Waals surface area contributed by atoms with Gasteiger partial charge in [0.25, 0.3) is 0 Å². The SMILES string of the molecule is CCn1c(CC(C)O)cc2ccc(OC)cc21. The number of aromatic nitrogens is 1. The molecule has 0 aliphatic carbocycles. The summed E-state index contributed by atoms with van der Waals surface area (Å²) in [7, 11) is 1.68. The average Bonchev–Trinajstić information content (AvgIpc) is 2.63. The fourth-order valence-electron chi connectivity index (χ4n) is 2.26. The van der Waals surface area contributed by atoms with Crippen LogP contribution in [0.1, 0.15) is 19.5 Å². The van der Waals surface area contributed by atoms with Gasteiger partial charge in [0.1, 0.15) is 5.75 Å². The Morgan fingerprint density at radius 2 is 2.12 bits per heavy atom. The topological polar surface area (TPSA) is 34.4 Å². The largest absolute Gasteiger partial charge is 0.497 e. The van der Waals surface area contributed by atoms with Crippen LogP contribution in [0.4, 0.5) is 0 Å². The first kappa shape index (κ1) is 12.0. The molecule has 0 radical (unpaired) electrons. The van der Waals surface area contributed by atoms with Crippen LogP contribution in [0.15, 0.2) is 24.3 Å². The number of ether oxygens (including phenoxy) is 1. The van der Waals surface area contributed by atoms with Crippen LogP contribution in [-0.4, -0.2) is 22.9 Å². The number of methoxy groups -OCH3 is 1. The van der Waals surface area contributed by atoms with Crippen molar-refractivity contribution in [2.45, 2.75) is 32.9 Å². The number of fused-ring (bicyclic) bond motifs is 1. The highest BCUT2D eigenvalue weighted by Gasteiger charge is 2.10. The van der Waals surface area contributed by atoms with Crippen molar-refractivity contribution < 1.29 is 9.84 Å². The van der Waals surface area contributed by atoms with E-state index in [2.05, 4.69) is 23.6 Å². The zero-order valence-corrected chi connectivity index (χ0v) is 10.6. The Labute approximate surface area is 102 Å². The first-order chi connectivity index (χ1) is 8.15. The zero-order chi connectivity index (χ0) is 12.4. The molecule has 0 saturated heterocycles. The Balaban J connectivity index is 2.55. The van der Waals surface area contributed by atoms with Gasteiger partial charge in [0.05, 0.1) is 18.7 Å². The fraction of sp³-hybridized carbons (Fsp3) is 0.429. The van der Waals surface area contributed by atoms with Gasteiger partial charge in [0, 0.05) is 30.1 Å². The summed E-state index contributed by atoms with van der Waals surface area (Å²) in [6.07, 6.45) is 0.372. The molecule has 1 heterocycles. The lowest BCUT2D eigenvalue weighted by atomic mass is 10.2. The summed E-state index contributed by atoms with van der Waals surface area (Å²) >= 11 is 0. The number of benzene rings is 1. The number of rotatable bonds is 4. The minimum absolute atomic E-state index is 0.313. The van der Waals surface area contributed by atoms with E-state index in [1.807, 2.05) is 19.1 Å². The lowest BCUT2D eigenvalue weighted by Crippen LogP contribution is -2.09. The van der Waals surface area contributed by atoms with Crippen molar-refractivity contribution in [1.82, 2.24) is 4.57 Å². The summed E-state index contributed by atoms with van der Waals surface area (Å²) in [5.41, 5.74) is 2.34. The zero-order valence-electron chi connectivity index (χ0n) is 10.6. The lowest BCUT2D eigenvalue weighted by Gasteiger charge is -2.09. The third-order valence-corrected chi connectivity index (χ3v) is 3.02. The Bertz CT molecular complexity index is 514. The Morgan fingerprint density at radius 1 is 1.35 bits per heavy atom. The monoisotopic (exact) mass is 233 g/mol. The van der Waals surface area contributed by atoms with Crippen LogP contribution in [-0.2, 0) is 13.0 Å². The summed E-state index contributed by atoms with van der Waals surface area (Å²) in [6.45, 7) is 4.83. The van der Waals surface area contributed by atoms with Gasteiger partial charge in [-0.25, -0.2) is 0 Å². The quantitative estimate of drug-likeness (QED) is 0.880. The van der Waals surface area contributed by atoms with E-state index in [4.69, 9.17) is 4.74 Å². The van der Waals surface area contributed by atoms with Crippen LogP contribution in [0, 0.1) is 0 Å². The van der Waals surface area contributed by atoms with Gasteiger partial charge in [-0.2, -0.15) is 0 Å². The van der Waals surface area contributed by atoms with Crippen molar-refractivity contribution in [3.05, 3.63) is 30.0 Å². The average molecular weight is 233 g/mol.